The number of piperazine rings is 1. The van der Waals surface area contributed by atoms with Crippen molar-refractivity contribution in [1.82, 2.24) is 4.90 Å². The van der Waals surface area contributed by atoms with Crippen LogP contribution in [0.15, 0.2) is 42.5 Å². The fourth-order valence-corrected chi connectivity index (χ4v) is 3.32. The molecule has 0 saturated carbocycles. The Bertz CT molecular complexity index is 914. The van der Waals surface area contributed by atoms with E-state index in [9.17, 15) is 19.7 Å². The Balaban J connectivity index is 1.80. The van der Waals surface area contributed by atoms with Gasteiger partial charge >= 0.3 is 0 Å². The summed E-state index contributed by atoms with van der Waals surface area (Å²) in [5, 5.41) is 11.3. The molecule has 1 atom stereocenters. The predicted octanol–water partition coefficient (Wildman–Crippen LogP) is 3.43. The number of carbonyl (C=O) groups is 2. The lowest BCUT2D eigenvalue weighted by molar-refractivity contribution is -0.384. The Hall–Kier alpha value is -2.93. The molecule has 3 rings (SSSR count). The number of rotatable bonds is 3. The van der Waals surface area contributed by atoms with Crippen molar-refractivity contribution in [2.75, 3.05) is 18.0 Å². The van der Waals surface area contributed by atoms with Crippen molar-refractivity contribution in [1.29, 1.82) is 0 Å². The van der Waals surface area contributed by atoms with Gasteiger partial charge in [-0.05, 0) is 43.7 Å². The first-order valence-corrected chi connectivity index (χ1v) is 8.80. The van der Waals surface area contributed by atoms with Crippen LogP contribution in [-0.2, 0) is 4.79 Å². The van der Waals surface area contributed by atoms with E-state index in [1.807, 2.05) is 13.0 Å². The van der Waals surface area contributed by atoms with E-state index in [1.165, 1.54) is 29.2 Å². The molecule has 1 fully saturated rings. The van der Waals surface area contributed by atoms with Crippen molar-refractivity contribution in [3.63, 3.8) is 0 Å². The van der Waals surface area contributed by atoms with Crippen LogP contribution in [0.5, 0.6) is 0 Å². The topological polar surface area (TPSA) is 83.8 Å². The van der Waals surface area contributed by atoms with Gasteiger partial charge in [0.05, 0.1) is 4.92 Å². The number of hydrogen-bond donors (Lipinski definition) is 0. The van der Waals surface area contributed by atoms with Gasteiger partial charge in [-0.1, -0.05) is 17.7 Å². The van der Waals surface area contributed by atoms with Gasteiger partial charge in [-0.25, -0.2) is 0 Å². The van der Waals surface area contributed by atoms with E-state index in [-0.39, 0.29) is 17.5 Å². The second-order valence-corrected chi connectivity index (χ2v) is 6.84. The zero-order valence-corrected chi connectivity index (χ0v) is 15.6. The Kier molecular flexibility index (Phi) is 5.14. The summed E-state index contributed by atoms with van der Waals surface area (Å²) in [5.74, 6) is -0.518. The van der Waals surface area contributed by atoms with E-state index in [4.69, 9.17) is 11.6 Å². The van der Waals surface area contributed by atoms with Crippen molar-refractivity contribution in [3.05, 3.63) is 68.7 Å². The van der Waals surface area contributed by atoms with Crippen molar-refractivity contribution < 1.29 is 14.5 Å². The van der Waals surface area contributed by atoms with Crippen molar-refractivity contribution in [2.24, 2.45) is 0 Å². The largest absolute Gasteiger partial charge is 0.325 e. The number of nitro groups is 1. The van der Waals surface area contributed by atoms with Gasteiger partial charge < -0.3 is 9.80 Å². The number of hydrogen-bond acceptors (Lipinski definition) is 4. The van der Waals surface area contributed by atoms with Gasteiger partial charge in [-0.2, -0.15) is 0 Å². The van der Waals surface area contributed by atoms with Crippen LogP contribution in [0.1, 0.15) is 22.8 Å². The van der Waals surface area contributed by atoms with Gasteiger partial charge in [0.2, 0.25) is 5.91 Å². The third-order valence-electron chi connectivity index (χ3n) is 4.70. The smallest absolute Gasteiger partial charge is 0.269 e. The highest BCUT2D eigenvalue weighted by Crippen LogP contribution is 2.28. The second kappa shape index (κ2) is 7.36. The molecule has 27 heavy (non-hydrogen) atoms. The number of non-ortho nitro benzene ring substituents is 1. The van der Waals surface area contributed by atoms with Gasteiger partial charge in [0.25, 0.3) is 11.6 Å². The van der Waals surface area contributed by atoms with Crippen molar-refractivity contribution in [3.8, 4) is 0 Å². The molecule has 0 aromatic heterocycles. The maximum atomic E-state index is 12.9. The van der Waals surface area contributed by atoms with Gasteiger partial charge in [0, 0.05) is 41.5 Å². The molecule has 2 amide bonds. The van der Waals surface area contributed by atoms with Crippen LogP contribution in [0.4, 0.5) is 11.4 Å². The predicted molar refractivity (Wildman–Crippen MR) is 102 cm³/mol. The molecule has 2 aromatic carbocycles. The molecule has 1 aliphatic heterocycles. The molecule has 0 bridgehead atoms. The van der Waals surface area contributed by atoms with Crippen LogP contribution >= 0.6 is 11.6 Å². The van der Waals surface area contributed by atoms with E-state index in [2.05, 4.69) is 0 Å². The van der Waals surface area contributed by atoms with Crippen molar-refractivity contribution in [2.45, 2.75) is 19.9 Å². The highest BCUT2D eigenvalue weighted by Gasteiger charge is 2.36. The molecule has 0 radical (unpaired) electrons. The Morgan fingerprint density at radius 2 is 1.85 bits per heavy atom. The van der Waals surface area contributed by atoms with Crippen LogP contribution in [0.3, 0.4) is 0 Å². The molecule has 7 nitrogen and oxygen atoms in total. The van der Waals surface area contributed by atoms with Crippen LogP contribution in [0.25, 0.3) is 0 Å². The zero-order valence-electron chi connectivity index (χ0n) is 14.9. The average Bonchev–Trinajstić information content (AvgIpc) is 2.65. The maximum Gasteiger partial charge on any atom is 0.269 e. The Morgan fingerprint density at radius 1 is 1.19 bits per heavy atom. The number of benzene rings is 2. The standard InChI is InChI=1S/C19H18ClN3O4/c1-12-3-6-15(20)11-17(12)22-10-9-21(13(2)18(22)24)19(25)14-4-7-16(8-5-14)23(26)27/h3-8,11,13H,9-10H2,1-2H3/t13-/m1/s1. The monoisotopic (exact) mass is 387 g/mol. The van der Waals surface area contributed by atoms with E-state index in [1.54, 1.807) is 24.0 Å². The molecule has 1 aliphatic rings. The summed E-state index contributed by atoms with van der Waals surface area (Å²) in [5.41, 5.74) is 1.89. The van der Waals surface area contributed by atoms with Crippen LogP contribution in [0, 0.1) is 17.0 Å². The molecule has 0 aliphatic carbocycles. The number of anilines is 1. The molecule has 1 saturated heterocycles. The van der Waals surface area contributed by atoms with E-state index in [0.29, 0.717) is 23.7 Å². The summed E-state index contributed by atoms with van der Waals surface area (Å²) in [7, 11) is 0. The maximum absolute atomic E-state index is 12.9. The molecular formula is C19H18ClN3O4. The average molecular weight is 388 g/mol. The highest BCUT2D eigenvalue weighted by molar-refractivity contribution is 6.31. The molecule has 0 spiro atoms. The first-order chi connectivity index (χ1) is 12.8. The highest BCUT2D eigenvalue weighted by atomic mass is 35.5. The first-order valence-electron chi connectivity index (χ1n) is 8.42. The Labute approximate surface area is 161 Å². The fraction of sp³-hybridized carbons (Fsp3) is 0.263. The minimum Gasteiger partial charge on any atom is -0.325 e. The van der Waals surface area contributed by atoms with Crippen LogP contribution in [-0.4, -0.2) is 40.8 Å². The third kappa shape index (κ3) is 3.64. The minimum atomic E-state index is -0.653. The molecule has 0 N–H and O–H groups in total. The fourth-order valence-electron chi connectivity index (χ4n) is 3.15. The SMILES string of the molecule is Cc1ccc(Cl)cc1N1CCN(C(=O)c2ccc([N+](=O)[O-])cc2)[C@H](C)C1=O. The molecule has 0 unspecified atom stereocenters. The first kappa shape index (κ1) is 18.8. The Morgan fingerprint density at radius 3 is 2.48 bits per heavy atom. The van der Waals surface area contributed by atoms with Gasteiger partial charge in [-0.3, -0.25) is 19.7 Å². The molecule has 2 aromatic rings. The van der Waals surface area contributed by atoms with Crippen LogP contribution in [0.2, 0.25) is 5.02 Å². The van der Waals surface area contributed by atoms with Gasteiger partial charge in [-0.15, -0.1) is 0 Å². The lowest BCUT2D eigenvalue weighted by Gasteiger charge is -2.39. The van der Waals surface area contributed by atoms with Gasteiger partial charge in [0.15, 0.2) is 0 Å². The van der Waals surface area contributed by atoms with Gasteiger partial charge in [0.1, 0.15) is 6.04 Å². The van der Waals surface area contributed by atoms with E-state index >= 15 is 0 Å². The number of aryl methyl sites for hydroxylation is 1. The lowest BCUT2D eigenvalue weighted by Crippen LogP contribution is -2.57. The number of amides is 2. The van der Waals surface area contributed by atoms with Crippen molar-refractivity contribution >= 4 is 34.8 Å². The zero-order chi connectivity index (χ0) is 19.7. The minimum absolute atomic E-state index is 0.0862. The molecular weight excluding hydrogens is 370 g/mol. The number of carbonyl (C=O) groups excluding carboxylic acids is 2. The lowest BCUT2D eigenvalue weighted by atomic mass is 10.1. The second-order valence-electron chi connectivity index (χ2n) is 6.40. The summed E-state index contributed by atoms with van der Waals surface area (Å²) < 4.78 is 0. The molecule has 8 heteroatoms. The summed E-state index contributed by atoms with van der Waals surface area (Å²) >= 11 is 6.06. The van der Waals surface area contributed by atoms with Crippen LogP contribution < -0.4 is 4.90 Å². The van der Waals surface area contributed by atoms with E-state index < -0.39 is 11.0 Å². The summed E-state index contributed by atoms with van der Waals surface area (Å²) in [6.07, 6.45) is 0. The number of nitro benzene ring substituents is 1. The van der Waals surface area contributed by atoms with E-state index in [0.717, 1.165) is 11.3 Å². The molecule has 140 valence electrons. The summed E-state index contributed by atoms with van der Waals surface area (Å²) in [6, 6.07) is 10.1. The quantitative estimate of drug-likeness (QED) is 0.596. The summed E-state index contributed by atoms with van der Waals surface area (Å²) in [6.45, 7) is 4.29. The summed E-state index contributed by atoms with van der Waals surface area (Å²) in [4.78, 5) is 39.0. The normalized spacial score (nSPS) is 17.1. The third-order valence-corrected chi connectivity index (χ3v) is 4.94. The number of halogens is 1. The molecule has 1 heterocycles. The number of nitrogens with zero attached hydrogens (tertiary/aromatic N) is 3.